The Morgan fingerprint density at radius 2 is 1.08 bits per heavy atom. The number of ether oxygens (including phenoxy) is 4. The summed E-state index contributed by atoms with van der Waals surface area (Å²) in [5.41, 5.74) is 4.97. The molecular weight excluding hydrogens is 655 g/mol. The average molecular weight is 696 g/mol. The van der Waals surface area contributed by atoms with Crippen LogP contribution >= 0.6 is 23.2 Å². The van der Waals surface area contributed by atoms with E-state index in [1.165, 1.54) is 0 Å². The number of benzene rings is 2. The summed E-state index contributed by atoms with van der Waals surface area (Å²) in [7, 11) is 3.18. The van der Waals surface area contributed by atoms with Crippen molar-refractivity contribution in [2.24, 2.45) is 0 Å². The molecule has 2 aliphatic rings. The zero-order valence-electron chi connectivity index (χ0n) is 27.1. The summed E-state index contributed by atoms with van der Waals surface area (Å²) in [5, 5.41) is 20.8. The average Bonchev–Trinajstić information content (AvgIpc) is 3.71. The molecule has 10 nitrogen and oxygen atoms in total. The number of pyridine rings is 2. The number of aromatic nitrogens is 2. The lowest BCUT2D eigenvalue weighted by Gasteiger charge is -2.18. The highest BCUT2D eigenvalue weighted by molar-refractivity contribution is 6.37. The van der Waals surface area contributed by atoms with E-state index >= 15 is 0 Å². The number of hydrogen-bond acceptors (Lipinski definition) is 10. The Hall–Kier alpha value is -3.64. The molecule has 2 aliphatic heterocycles. The van der Waals surface area contributed by atoms with Gasteiger partial charge in [-0.05, 0) is 25.0 Å². The second kappa shape index (κ2) is 15.7. The van der Waals surface area contributed by atoms with Crippen molar-refractivity contribution in [3.63, 3.8) is 0 Å². The number of rotatable bonds is 13. The van der Waals surface area contributed by atoms with Crippen molar-refractivity contribution in [1.82, 2.24) is 19.8 Å². The van der Waals surface area contributed by atoms with Gasteiger partial charge in [0.15, 0.2) is 0 Å². The van der Waals surface area contributed by atoms with Crippen LogP contribution in [0.4, 0.5) is 0 Å². The van der Waals surface area contributed by atoms with E-state index in [2.05, 4.69) is 19.8 Å². The van der Waals surface area contributed by atoms with Crippen LogP contribution in [0.3, 0.4) is 0 Å². The first kappa shape index (κ1) is 34.2. The first-order chi connectivity index (χ1) is 23.3. The summed E-state index contributed by atoms with van der Waals surface area (Å²) >= 11 is 13.9. The van der Waals surface area contributed by atoms with E-state index in [1.807, 2.05) is 60.7 Å². The Morgan fingerprint density at radius 1 is 0.646 bits per heavy atom. The second-order valence-corrected chi connectivity index (χ2v) is 12.9. The number of nitrogens with zero attached hydrogens (tertiary/aromatic N) is 4. The summed E-state index contributed by atoms with van der Waals surface area (Å²) in [6.45, 7) is 4.65. The molecule has 48 heavy (non-hydrogen) atoms. The minimum atomic E-state index is -0.287. The molecule has 2 saturated heterocycles. The van der Waals surface area contributed by atoms with Gasteiger partial charge in [0, 0.05) is 84.8 Å². The van der Waals surface area contributed by atoms with Crippen molar-refractivity contribution in [3.8, 4) is 34.6 Å². The number of likely N-dealkylation sites (tertiary alicyclic amines) is 2. The summed E-state index contributed by atoms with van der Waals surface area (Å²) in [4.78, 5) is 13.5. The van der Waals surface area contributed by atoms with Crippen LogP contribution in [0.2, 0.25) is 10.0 Å². The van der Waals surface area contributed by atoms with Crippen molar-refractivity contribution in [2.75, 3.05) is 40.4 Å². The largest absolute Gasteiger partial charge is 0.481 e. The predicted molar refractivity (Wildman–Crippen MR) is 184 cm³/mol. The van der Waals surface area contributed by atoms with Gasteiger partial charge in [0.1, 0.15) is 13.2 Å². The number of aliphatic hydroxyl groups excluding tert-OH is 2. The first-order valence-corrected chi connectivity index (χ1v) is 16.8. The molecule has 254 valence electrons. The molecule has 6 rings (SSSR count). The van der Waals surface area contributed by atoms with Gasteiger partial charge < -0.3 is 29.2 Å². The molecule has 2 aromatic carbocycles. The maximum Gasteiger partial charge on any atom is 0.220 e. The molecule has 0 radical (unpaired) electrons. The van der Waals surface area contributed by atoms with Crippen LogP contribution in [0.15, 0.2) is 60.7 Å². The summed E-state index contributed by atoms with van der Waals surface area (Å²) in [5.74, 6) is 1.83. The number of β-amino-alcohol motifs (C(OH)–C–C–N with tert-alkyl or cyclic N) is 2. The lowest BCUT2D eigenvalue weighted by molar-refractivity contribution is 0.174. The third-order valence-corrected chi connectivity index (χ3v) is 9.59. The molecule has 4 aromatic rings. The Kier molecular flexibility index (Phi) is 11.2. The monoisotopic (exact) mass is 694 g/mol. The molecule has 0 unspecified atom stereocenters. The van der Waals surface area contributed by atoms with Crippen LogP contribution in [0.5, 0.6) is 23.5 Å². The van der Waals surface area contributed by atoms with Gasteiger partial charge in [0.05, 0.1) is 36.5 Å². The molecule has 2 fully saturated rings. The zero-order valence-corrected chi connectivity index (χ0v) is 28.6. The third kappa shape index (κ3) is 8.14. The fourth-order valence-electron chi connectivity index (χ4n) is 6.15. The lowest BCUT2D eigenvalue weighted by Crippen LogP contribution is -2.22. The van der Waals surface area contributed by atoms with Crippen molar-refractivity contribution in [1.29, 1.82) is 0 Å². The second-order valence-electron chi connectivity index (χ2n) is 12.1. The number of aliphatic hydroxyl groups is 2. The highest BCUT2D eigenvalue weighted by atomic mass is 35.5. The molecular formula is C36H40Cl2N4O6. The molecule has 4 heterocycles. The normalized spacial score (nSPS) is 18.3. The number of halogens is 2. The first-order valence-electron chi connectivity index (χ1n) is 16.0. The number of hydrogen-bond donors (Lipinski definition) is 2. The van der Waals surface area contributed by atoms with Crippen molar-refractivity contribution >= 4 is 23.2 Å². The van der Waals surface area contributed by atoms with Gasteiger partial charge in [-0.1, -0.05) is 59.6 Å². The predicted octanol–water partition coefficient (Wildman–Crippen LogP) is 5.76. The highest BCUT2D eigenvalue weighted by Crippen LogP contribution is 2.37. The minimum absolute atomic E-state index is 0.197. The van der Waals surface area contributed by atoms with Gasteiger partial charge in [0.2, 0.25) is 23.5 Å². The van der Waals surface area contributed by atoms with Crippen LogP contribution in [-0.4, -0.2) is 82.6 Å². The smallest absolute Gasteiger partial charge is 0.220 e. The molecule has 2 atom stereocenters. The van der Waals surface area contributed by atoms with Crippen molar-refractivity contribution in [2.45, 2.75) is 51.4 Å². The zero-order chi connectivity index (χ0) is 33.6. The van der Waals surface area contributed by atoms with Crippen LogP contribution < -0.4 is 18.9 Å². The standard InChI is InChI=1S/C36H40Cl2N4O6/c1-45-35-23(17-41-15-13-27(43)19-41)9-11-31(39-35)47-21-25-5-3-7-29(33(25)37)30-8-4-6-26(34(30)38)22-48-32-12-10-24(36(40-32)46-2)18-42-16-14-28(44)20-42/h3-12,27-28,43-44H,13-22H2,1-2H3/t27-,28-/m0/s1. The Balaban J connectivity index is 1.11. The van der Waals surface area contributed by atoms with Crippen molar-refractivity contribution < 1.29 is 29.2 Å². The Morgan fingerprint density at radius 3 is 1.46 bits per heavy atom. The third-order valence-electron chi connectivity index (χ3n) is 8.70. The molecule has 0 amide bonds. The summed E-state index contributed by atoms with van der Waals surface area (Å²) in [6.07, 6.45) is 0.972. The molecule has 0 spiro atoms. The fraction of sp³-hybridized carbons (Fsp3) is 0.389. The van der Waals surface area contributed by atoms with Gasteiger partial charge in [-0.2, -0.15) is 9.97 Å². The van der Waals surface area contributed by atoms with E-state index in [4.69, 9.17) is 42.1 Å². The molecule has 12 heteroatoms. The van der Waals surface area contributed by atoms with E-state index < -0.39 is 0 Å². The van der Waals surface area contributed by atoms with Crippen LogP contribution in [0, 0.1) is 0 Å². The molecule has 0 aliphatic carbocycles. The van der Waals surface area contributed by atoms with E-state index in [9.17, 15) is 10.2 Å². The van der Waals surface area contributed by atoms with Gasteiger partial charge in [-0.3, -0.25) is 9.80 Å². The SMILES string of the molecule is COc1nc(OCc2cccc(-c3cccc(COc4ccc(CN5CC[C@H](O)C5)c(OC)n4)c3Cl)c2Cl)ccc1CN1CC[C@H](O)C1. The highest BCUT2D eigenvalue weighted by Gasteiger charge is 2.23. The minimum Gasteiger partial charge on any atom is -0.481 e. The quantitative estimate of drug-likeness (QED) is 0.179. The van der Waals surface area contributed by atoms with Crippen LogP contribution in [0.1, 0.15) is 35.1 Å². The van der Waals surface area contributed by atoms with Gasteiger partial charge in [0.25, 0.3) is 0 Å². The molecule has 2 N–H and O–H groups in total. The van der Waals surface area contributed by atoms with E-state index in [-0.39, 0.29) is 25.4 Å². The Bertz CT molecular complexity index is 1600. The lowest BCUT2D eigenvalue weighted by atomic mass is 10.0. The molecule has 0 bridgehead atoms. The fourth-order valence-corrected chi connectivity index (χ4v) is 6.72. The van der Waals surface area contributed by atoms with Crippen LogP contribution in [0.25, 0.3) is 11.1 Å². The van der Waals surface area contributed by atoms with Crippen molar-refractivity contribution in [3.05, 3.63) is 93.0 Å². The summed E-state index contributed by atoms with van der Waals surface area (Å²) < 4.78 is 23.2. The number of methoxy groups -OCH3 is 2. The Labute approximate surface area is 290 Å². The summed E-state index contributed by atoms with van der Waals surface area (Å²) in [6, 6.07) is 19.0. The maximum absolute atomic E-state index is 9.86. The maximum atomic E-state index is 9.86. The molecule has 2 aromatic heterocycles. The topological polar surface area (TPSA) is 110 Å². The van der Waals surface area contributed by atoms with Crippen LogP contribution in [-0.2, 0) is 26.3 Å². The van der Waals surface area contributed by atoms with Gasteiger partial charge in [-0.15, -0.1) is 0 Å². The van der Waals surface area contributed by atoms with E-state index in [0.29, 0.717) is 59.7 Å². The van der Waals surface area contributed by atoms with Gasteiger partial charge >= 0.3 is 0 Å². The van der Waals surface area contributed by atoms with E-state index in [1.54, 1.807) is 14.2 Å². The van der Waals surface area contributed by atoms with Gasteiger partial charge in [-0.25, -0.2) is 0 Å². The van der Waals surface area contributed by atoms with E-state index in [0.717, 1.165) is 59.3 Å². The molecule has 0 saturated carbocycles.